The molecule has 0 aliphatic carbocycles. The maximum absolute atomic E-state index is 15.5. The molecule has 1 fully saturated rings. The van der Waals surface area contributed by atoms with Gasteiger partial charge in [-0.1, -0.05) is 6.07 Å². The normalized spacial score (nSPS) is 21.6. The van der Waals surface area contributed by atoms with E-state index in [-0.39, 0.29) is 24.2 Å². The van der Waals surface area contributed by atoms with Crippen molar-refractivity contribution >= 4 is 10.9 Å². The molecule has 2 aliphatic rings. The van der Waals surface area contributed by atoms with E-state index in [2.05, 4.69) is 20.1 Å². The number of fused-ring (bicyclic) bond motifs is 3. The maximum atomic E-state index is 15.5. The van der Waals surface area contributed by atoms with Crippen LogP contribution in [0.25, 0.3) is 10.9 Å². The van der Waals surface area contributed by atoms with Crippen molar-refractivity contribution in [1.29, 1.82) is 0 Å². The van der Waals surface area contributed by atoms with Crippen LogP contribution in [0.4, 0.5) is 26.3 Å². The largest absolute Gasteiger partial charge is 0.401 e. The van der Waals surface area contributed by atoms with Crippen LogP contribution in [0.5, 0.6) is 0 Å². The Kier molecular flexibility index (Phi) is 6.71. The topological polar surface area (TPSA) is 48.1 Å². The van der Waals surface area contributed by atoms with Crippen LogP contribution in [-0.4, -0.2) is 70.1 Å². The van der Waals surface area contributed by atoms with Crippen molar-refractivity contribution in [3.05, 3.63) is 58.5 Å². The SMILES string of the molecule is C[C@@H]1Cc2c(ccc3n[nH]c(F)c23)[C@@H](c2ncc(CC3CN(CCCF)C3)cc2F)N1CC(F)(F)F. The van der Waals surface area contributed by atoms with Gasteiger partial charge in [-0.3, -0.25) is 19.4 Å². The van der Waals surface area contributed by atoms with Crippen molar-refractivity contribution in [3.63, 3.8) is 0 Å². The van der Waals surface area contributed by atoms with Crippen LogP contribution >= 0.6 is 0 Å². The van der Waals surface area contributed by atoms with Gasteiger partial charge in [-0.2, -0.15) is 22.7 Å². The van der Waals surface area contributed by atoms with E-state index in [0.717, 1.165) is 13.1 Å². The van der Waals surface area contributed by atoms with E-state index in [1.165, 1.54) is 23.2 Å². The Morgan fingerprint density at radius 2 is 1.94 bits per heavy atom. The number of nitrogens with zero attached hydrogens (tertiary/aromatic N) is 4. The van der Waals surface area contributed by atoms with Crippen LogP contribution in [-0.2, 0) is 12.8 Å². The second-order valence-corrected chi connectivity index (χ2v) is 9.89. The summed E-state index contributed by atoms with van der Waals surface area (Å²) < 4.78 is 83.0. The maximum Gasteiger partial charge on any atom is 0.401 e. The molecule has 4 heterocycles. The minimum absolute atomic E-state index is 0.114. The highest BCUT2D eigenvalue weighted by atomic mass is 19.4. The van der Waals surface area contributed by atoms with Gasteiger partial charge in [0.25, 0.3) is 0 Å². The van der Waals surface area contributed by atoms with Gasteiger partial charge in [0.15, 0.2) is 0 Å². The first kappa shape index (κ1) is 25.0. The number of halogens is 6. The highest BCUT2D eigenvalue weighted by Crippen LogP contribution is 2.42. The lowest BCUT2D eigenvalue weighted by Crippen LogP contribution is -2.48. The fourth-order valence-corrected chi connectivity index (χ4v) is 5.64. The van der Waals surface area contributed by atoms with Crippen molar-refractivity contribution < 1.29 is 26.3 Å². The molecule has 3 aromatic rings. The number of nitrogens with one attached hydrogen (secondary N) is 1. The van der Waals surface area contributed by atoms with Gasteiger partial charge in [0, 0.05) is 31.9 Å². The number of likely N-dealkylation sites (tertiary alicyclic amines) is 1. The molecule has 0 amide bonds. The number of benzene rings is 1. The van der Waals surface area contributed by atoms with Crippen molar-refractivity contribution in [2.75, 3.05) is 32.9 Å². The molecule has 5 rings (SSSR count). The highest BCUT2D eigenvalue weighted by Gasteiger charge is 2.43. The lowest BCUT2D eigenvalue weighted by atomic mass is 9.84. The molecule has 0 spiro atoms. The highest BCUT2D eigenvalue weighted by molar-refractivity contribution is 5.84. The number of hydrogen-bond donors (Lipinski definition) is 1. The zero-order valence-corrected chi connectivity index (χ0v) is 19.8. The Morgan fingerprint density at radius 1 is 1.17 bits per heavy atom. The predicted molar refractivity (Wildman–Crippen MR) is 122 cm³/mol. The fraction of sp³-hybridized carbons (Fsp3) is 0.520. The lowest BCUT2D eigenvalue weighted by molar-refractivity contribution is -0.155. The second kappa shape index (κ2) is 9.66. The Bertz CT molecular complexity index is 1240. The third-order valence-electron chi connectivity index (χ3n) is 7.23. The van der Waals surface area contributed by atoms with Gasteiger partial charge in [0.1, 0.15) is 5.82 Å². The number of aromatic nitrogens is 3. The summed E-state index contributed by atoms with van der Waals surface area (Å²) in [6, 6.07) is 2.69. The minimum atomic E-state index is -4.51. The molecule has 36 heavy (non-hydrogen) atoms. The fourth-order valence-electron chi connectivity index (χ4n) is 5.64. The molecule has 0 bridgehead atoms. The van der Waals surface area contributed by atoms with Gasteiger partial charge in [0.05, 0.1) is 35.9 Å². The summed E-state index contributed by atoms with van der Waals surface area (Å²) in [7, 11) is 0. The van der Waals surface area contributed by atoms with Gasteiger partial charge in [-0.15, -0.1) is 0 Å². The molecule has 1 aromatic carbocycles. The van der Waals surface area contributed by atoms with E-state index < -0.39 is 36.6 Å². The van der Waals surface area contributed by atoms with Crippen LogP contribution in [0.1, 0.15) is 41.8 Å². The Balaban J connectivity index is 1.47. The summed E-state index contributed by atoms with van der Waals surface area (Å²) in [4.78, 5) is 7.64. The Hall–Kier alpha value is -2.66. The first-order valence-corrected chi connectivity index (χ1v) is 12.0. The summed E-state index contributed by atoms with van der Waals surface area (Å²) in [6.07, 6.45) is -1.76. The third-order valence-corrected chi connectivity index (χ3v) is 7.23. The first-order valence-electron chi connectivity index (χ1n) is 12.0. The van der Waals surface area contributed by atoms with Gasteiger partial charge in [-0.25, -0.2) is 4.39 Å². The van der Waals surface area contributed by atoms with Crippen molar-refractivity contribution in [2.24, 2.45) is 5.92 Å². The molecule has 0 unspecified atom stereocenters. The molecule has 2 aliphatic heterocycles. The zero-order chi connectivity index (χ0) is 25.6. The van der Waals surface area contributed by atoms with Gasteiger partial charge in [0.2, 0.25) is 5.95 Å². The van der Waals surface area contributed by atoms with E-state index in [1.807, 2.05) is 0 Å². The molecule has 0 radical (unpaired) electrons. The minimum Gasteiger partial charge on any atom is -0.303 e. The molecule has 5 nitrogen and oxygen atoms in total. The van der Waals surface area contributed by atoms with E-state index in [4.69, 9.17) is 0 Å². The molecule has 0 saturated carbocycles. The molecule has 1 saturated heterocycles. The van der Waals surface area contributed by atoms with E-state index >= 15 is 4.39 Å². The number of H-pyrrole nitrogens is 1. The molecule has 2 aromatic heterocycles. The lowest BCUT2D eigenvalue weighted by Gasteiger charge is -2.42. The summed E-state index contributed by atoms with van der Waals surface area (Å²) >= 11 is 0. The number of hydrogen-bond acceptors (Lipinski definition) is 4. The van der Waals surface area contributed by atoms with E-state index in [0.29, 0.717) is 47.5 Å². The standard InChI is InChI=1S/C25H27F6N5/c1-14-7-18-17(3-4-20-21(18)24(28)34-33-20)23(36(14)13-25(29,30)31)22-19(27)9-15(10-32-22)8-16-11-35(12-16)6-2-5-26/h3-4,9-10,14,16,23H,2,5-8,11-13H2,1H3,(H,33,34)/t14-,23+/m1/s1. The van der Waals surface area contributed by atoms with E-state index in [1.54, 1.807) is 13.0 Å². The molecule has 11 heteroatoms. The average Bonchev–Trinajstić information content (AvgIpc) is 3.17. The second-order valence-electron chi connectivity index (χ2n) is 9.89. The van der Waals surface area contributed by atoms with Crippen LogP contribution < -0.4 is 0 Å². The summed E-state index contributed by atoms with van der Waals surface area (Å²) in [5, 5.41) is 6.42. The third kappa shape index (κ3) is 4.82. The quantitative estimate of drug-likeness (QED) is 0.456. The molecular formula is C25H27F6N5. The van der Waals surface area contributed by atoms with Crippen LogP contribution in [0.15, 0.2) is 24.4 Å². The smallest absolute Gasteiger partial charge is 0.303 e. The van der Waals surface area contributed by atoms with E-state index in [9.17, 15) is 22.0 Å². The number of alkyl halides is 4. The van der Waals surface area contributed by atoms with Crippen LogP contribution in [0, 0.1) is 17.7 Å². The summed E-state index contributed by atoms with van der Waals surface area (Å²) in [6.45, 7) is 2.30. The van der Waals surface area contributed by atoms with Crippen molar-refractivity contribution in [1.82, 2.24) is 25.0 Å². The number of pyridine rings is 1. The van der Waals surface area contributed by atoms with Gasteiger partial charge in [-0.05, 0) is 60.9 Å². The van der Waals surface area contributed by atoms with Crippen LogP contribution in [0.2, 0.25) is 0 Å². The van der Waals surface area contributed by atoms with Crippen LogP contribution in [0.3, 0.4) is 0 Å². The van der Waals surface area contributed by atoms with Crippen molar-refractivity contribution in [3.8, 4) is 0 Å². The molecule has 194 valence electrons. The molecular weight excluding hydrogens is 484 g/mol. The number of rotatable bonds is 7. The summed E-state index contributed by atoms with van der Waals surface area (Å²) in [5.74, 6) is -1.06. The van der Waals surface area contributed by atoms with Gasteiger partial charge < -0.3 is 4.90 Å². The first-order chi connectivity index (χ1) is 17.1. The number of aromatic amines is 1. The van der Waals surface area contributed by atoms with Crippen molar-refractivity contribution in [2.45, 2.75) is 44.4 Å². The molecule has 1 N–H and O–H groups in total. The predicted octanol–water partition coefficient (Wildman–Crippen LogP) is 4.97. The molecule has 2 atom stereocenters. The average molecular weight is 512 g/mol. The van der Waals surface area contributed by atoms with Gasteiger partial charge >= 0.3 is 6.18 Å². The summed E-state index contributed by atoms with van der Waals surface area (Å²) in [5.41, 5.74) is 1.83. The Labute approximate surface area is 204 Å². The Morgan fingerprint density at radius 3 is 2.64 bits per heavy atom. The zero-order valence-electron chi connectivity index (χ0n) is 19.8. The monoisotopic (exact) mass is 511 g/mol.